The summed E-state index contributed by atoms with van der Waals surface area (Å²) in [5.41, 5.74) is 3.29. The van der Waals surface area contributed by atoms with Gasteiger partial charge in [-0.1, -0.05) is 36.4 Å². The van der Waals surface area contributed by atoms with Gasteiger partial charge in [-0.05, 0) is 24.6 Å². The Kier molecular flexibility index (Phi) is 4.44. The normalized spacial score (nSPS) is 21.3. The second kappa shape index (κ2) is 6.91. The number of hydrogen-bond acceptors (Lipinski definition) is 4. The number of anilines is 2. The Morgan fingerprint density at radius 2 is 1.89 bits per heavy atom. The number of nitrogens with zero attached hydrogens (tertiary/aromatic N) is 1. The first-order valence-electron chi connectivity index (χ1n) is 9.13. The Hall–Kier alpha value is -3.08. The molecule has 0 unspecified atom stereocenters. The number of carbonyl (C=O) groups is 2. The standard InChI is InChI=1S/C22H22N2O3/c1-14(25)24-18-11-5-4-9-16(18)23-17-10-7-12-19(26)21(17)22(24)15-8-3-6-13-20(15)27-2/h3-6,8-11,13,21-23H,7,12H2,1-2H3/t21-,22+/m0/s1. The van der Waals surface area contributed by atoms with Gasteiger partial charge >= 0.3 is 0 Å². The number of rotatable bonds is 2. The van der Waals surface area contributed by atoms with Crippen molar-refractivity contribution in [1.82, 2.24) is 0 Å². The number of ether oxygens (including phenoxy) is 1. The highest BCUT2D eigenvalue weighted by Gasteiger charge is 2.43. The van der Waals surface area contributed by atoms with Crippen molar-refractivity contribution in [3.8, 4) is 5.75 Å². The Morgan fingerprint density at radius 1 is 1.15 bits per heavy atom. The van der Waals surface area contributed by atoms with Crippen LogP contribution in [-0.4, -0.2) is 18.8 Å². The smallest absolute Gasteiger partial charge is 0.224 e. The zero-order valence-electron chi connectivity index (χ0n) is 15.4. The van der Waals surface area contributed by atoms with E-state index in [1.54, 1.807) is 18.9 Å². The monoisotopic (exact) mass is 362 g/mol. The van der Waals surface area contributed by atoms with Gasteiger partial charge in [0, 0.05) is 24.6 Å². The van der Waals surface area contributed by atoms with E-state index in [0.717, 1.165) is 22.6 Å². The van der Waals surface area contributed by atoms with Crippen LogP contribution in [0.4, 0.5) is 11.4 Å². The largest absolute Gasteiger partial charge is 0.496 e. The van der Waals surface area contributed by atoms with E-state index in [1.165, 1.54) is 0 Å². The van der Waals surface area contributed by atoms with E-state index < -0.39 is 12.0 Å². The molecule has 2 atom stereocenters. The van der Waals surface area contributed by atoms with Gasteiger partial charge in [0.25, 0.3) is 0 Å². The molecule has 0 aromatic heterocycles. The van der Waals surface area contributed by atoms with Gasteiger partial charge in [0.05, 0.1) is 30.4 Å². The molecule has 2 aromatic rings. The van der Waals surface area contributed by atoms with E-state index in [4.69, 9.17) is 4.74 Å². The lowest BCUT2D eigenvalue weighted by molar-refractivity contribution is -0.123. The lowest BCUT2D eigenvalue weighted by Crippen LogP contribution is -2.41. The summed E-state index contributed by atoms with van der Waals surface area (Å²) in [4.78, 5) is 27.6. The van der Waals surface area contributed by atoms with E-state index in [2.05, 4.69) is 11.4 Å². The number of methoxy groups -OCH3 is 1. The molecule has 0 radical (unpaired) electrons. The van der Waals surface area contributed by atoms with Gasteiger partial charge < -0.3 is 15.0 Å². The Morgan fingerprint density at radius 3 is 2.67 bits per heavy atom. The molecule has 1 amide bonds. The number of hydrogen-bond donors (Lipinski definition) is 1. The molecule has 5 nitrogen and oxygen atoms in total. The summed E-state index contributed by atoms with van der Waals surface area (Å²) in [6.45, 7) is 1.54. The van der Waals surface area contributed by atoms with Gasteiger partial charge in [-0.25, -0.2) is 0 Å². The summed E-state index contributed by atoms with van der Waals surface area (Å²) in [5, 5.41) is 3.42. The van der Waals surface area contributed by atoms with Gasteiger partial charge in [0.1, 0.15) is 11.5 Å². The first kappa shape index (κ1) is 17.3. The Labute approximate surface area is 158 Å². The molecule has 27 heavy (non-hydrogen) atoms. The molecule has 0 fully saturated rings. The van der Waals surface area contributed by atoms with Crippen LogP contribution in [0.1, 0.15) is 31.4 Å². The van der Waals surface area contributed by atoms with Crippen molar-refractivity contribution in [3.05, 3.63) is 65.9 Å². The highest BCUT2D eigenvalue weighted by Crippen LogP contribution is 2.47. The molecule has 5 heteroatoms. The minimum Gasteiger partial charge on any atom is -0.496 e. The molecule has 4 rings (SSSR count). The van der Waals surface area contributed by atoms with E-state index in [1.807, 2.05) is 48.5 Å². The third-order valence-electron chi connectivity index (χ3n) is 5.27. The van der Waals surface area contributed by atoms with E-state index >= 15 is 0 Å². The highest BCUT2D eigenvalue weighted by atomic mass is 16.5. The van der Waals surface area contributed by atoms with Crippen LogP contribution >= 0.6 is 0 Å². The van der Waals surface area contributed by atoms with Gasteiger partial charge in [-0.2, -0.15) is 0 Å². The lowest BCUT2D eigenvalue weighted by Gasteiger charge is -2.36. The molecule has 0 saturated carbocycles. The van der Waals surface area contributed by atoms with Crippen LogP contribution in [0.15, 0.2) is 60.3 Å². The quantitative estimate of drug-likeness (QED) is 0.875. The van der Waals surface area contributed by atoms with Crippen molar-refractivity contribution in [3.63, 3.8) is 0 Å². The number of fused-ring (bicyclic) bond motifs is 2. The summed E-state index contributed by atoms with van der Waals surface area (Å²) in [5.74, 6) is 0.243. The average molecular weight is 362 g/mol. The summed E-state index contributed by atoms with van der Waals surface area (Å²) in [6.07, 6.45) is 3.26. The number of ketones is 1. The molecule has 2 aliphatic rings. The SMILES string of the molecule is COc1ccccc1[C@@H]1[C@@H]2C(=O)CCC=C2Nc2ccccc2N1C(C)=O. The topological polar surface area (TPSA) is 58.6 Å². The maximum atomic E-state index is 13.0. The number of para-hydroxylation sites is 3. The minimum atomic E-state index is -0.464. The molecule has 0 bridgehead atoms. The molecule has 2 aromatic carbocycles. The maximum absolute atomic E-state index is 13.0. The third kappa shape index (κ3) is 2.89. The lowest BCUT2D eigenvalue weighted by atomic mass is 9.81. The van der Waals surface area contributed by atoms with Crippen molar-refractivity contribution in [2.24, 2.45) is 5.92 Å². The van der Waals surface area contributed by atoms with Gasteiger partial charge in [0.2, 0.25) is 5.91 Å². The Bertz CT molecular complexity index is 935. The fourth-order valence-electron chi connectivity index (χ4n) is 4.14. The van der Waals surface area contributed by atoms with Crippen LogP contribution in [0.25, 0.3) is 0 Å². The fourth-order valence-corrected chi connectivity index (χ4v) is 4.14. The second-order valence-corrected chi connectivity index (χ2v) is 6.86. The van der Waals surface area contributed by atoms with Crippen LogP contribution in [-0.2, 0) is 9.59 Å². The molecule has 138 valence electrons. The van der Waals surface area contributed by atoms with Crippen molar-refractivity contribution in [2.45, 2.75) is 25.8 Å². The van der Waals surface area contributed by atoms with E-state index in [0.29, 0.717) is 18.6 Å². The number of benzene rings is 2. The molecular formula is C22H22N2O3. The van der Waals surface area contributed by atoms with Gasteiger partial charge in [-0.15, -0.1) is 0 Å². The number of nitrogens with one attached hydrogen (secondary N) is 1. The molecule has 1 aliphatic heterocycles. The summed E-state index contributed by atoms with van der Waals surface area (Å²) < 4.78 is 5.58. The number of Topliss-reactive ketones (excluding diaryl/α,β-unsaturated/α-hetero) is 1. The zero-order chi connectivity index (χ0) is 19.0. The highest BCUT2D eigenvalue weighted by molar-refractivity contribution is 6.00. The van der Waals surface area contributed by atoms with E-state index in [9.17, 15) is 9.59 Å². The molecule has 0 saturated heterocycles. The van der Waals surface area contributed by atoms with Crippen LogP contribution in [0.5, 0.6) is 5.75 Å². The van der Waals surface area contributed by atoms with Gasteiger partial charge in [-0.3, -0.25) is 9.59 Å². The molecule has 0 spiro atoms. The first-order valence-corrected chi connectivity index (χ1v) is 9.13. The van der Waals surface area contributed by atoms with Crippen LogP contribution in [0, 0.1) is 5.92 Å². The van der Waals surface area contributed by atoms with Crippen LogP contribution in [0.3, 0.4) is 0 Å². The molecule has 1 heterocycles. The number of amides is 1. The van der Waals surface area contributed by atoms with Crippen molar-refractivity contribution < 1.29 is 14.3 Å². The second-order valence-electron chi connectivity index (χ2n) is 6.86. The summed E-state index contributed by atoms with van der Waals surface area (Å²) in [7, 11) is 1.61. The van der Waals surface area contributed by atoms with Crippen molar-refractivity contribution in [2.75, 3.05) is 17.3 Å². The first-order chi connectivity index (χ1) is 13.1. The molecule has 1 aliphatic carbocycles. The fraction of sp³-hybridized carbons (Fsp3) is 0.273. The zero-order valence-corrected chi connectivity index (χ0v) is 15.4. The summed E-state index contributed by atoms with van der Waals surface area (Å²) in [6, 6.07) is 14.8. The van der Waals surface area contributed by atoms with Crippen molar-refractivity contribution >= 4 is 23.1 Å². The summed E-state index contributed by atoms with van der Waals surface area (Å²) >= 11 is 0. The minimum absolute atomic E-state index is 0.111. The number of allylic oxidation sites excluding steroid dienone is 1. The molecular weight excluding hydrogens is 340 g/mol. The van der Waals surface area contributed by atoms with Crippen LogP contribution in [0.2, 0.25) is 0 Å². The van der Waals surface area contributed by atoms with Crippen LogP contribution < -0.4 is 15.0 Å². The van der Waals surface area contributed by atoms with E-state index in [-0.39, 0.29) is 11.7 Å². The maximum Gasteiger partial charge on any atom is 0.224 e. The molecule has 1 N–H and O–H groups in total. The van der Waals surface area contributed by atoms with Gasteiger partial charge in [0.15, 0.2) is 0 Å². The van der Waals surface area contributed by atoms with Crippen molar-refractivity contribution in [1.29, 1.82) is 0 Å². The predicted octanol–water partition coefficient (Wildman–Crippen LogP) is 4.08. The predicted molar refractivity (Wildman–Crippen MR) is 105 cm³/mol. The third-order valence-corrected chi connectivity index (χ3v) is 5.27. The number of carbonyl (C=O) groups excluding carboxylic acids is 2. The Balaban J connectivity index is 2.01. The average Bonchev–Trinajstić information content (AvgIpc) is 2.82.